The lowest BCUT2D eigenvalue weighted by Crippen LogP contribution is -2.39. The predicted octanol–water partition coefficient (Wildman–Crippen LogP) is -0.389. The van der Waals surface area contributed by atoms with Crippen LogP contribution < -0.4 is 5.73 Å². The molecule has 0 unspecified atom stereocenters. The highest BCUT2D eigenvalue weighted by Crippen LogP contribution is 2.02. The van der Waals surface area contributed by atoms with Gasteiger partial charge in [-0.1, -0.05) is 6.92 Å². The van der Waals surface area contributed by atoms with Gasteiger partial charge in [0.05, 0.1) is 12.3 Å². The maximum absolute atomic E-state index is 11.7. The van der Waals surface area contributed by atoms with E-state index in [1.165, 1.54) is 11.4 Å². The smallest absolute Gasteiger partial charge is 0.214 e. The summed E-state index contributed by atoms with van der Waals surface area (Å²) in [6, 6.07) is 0. The molecule has 0 saturated carbocycles. The Kier molecular flexibility index (Phi) is 6.46. The van der Waals surface area contributed by atoms with Crippen LogP contribution in [0.5, 0.6) is 0 Å². The first-order valence-corrected chi connectivity index (χ1v) is 6.34. The molecule has 0 amide bonds. The molecule has 0 saturated heterocycles. The Morgan fingerprint density at radius 3 is 2.53 bits per heavy atom. The van der Waals surface area contributed by atoms with Crippen LogP contribution in [-0.4, -0.2) is 51.1 Å². The van der Waals surface area contributed by atoms with Crippen LogP contribution in [0, 0.1) is 5.41 Å². The number of nitrogens with two attached hydrogens (primary N) is 1. The number of sulfonamides is 1. The summed E-state index contributed by atoms with van der Waals surface area (Å²) in [7, 11) is -1.78. The van der Waals surface area contributed by atoms with Crippen molar-refractivity contribution in [2.45, 2.75) is 13.3 Å². The Labute approximate surface area is 91.0 Å². The largest absolute Gasteiger partial charge is 0.387 e. The molecule has 6 nitrogen and oxygen atoms in total. The van der Waals surface area contributed by atoms with E-state index in [-0.39, 0.29) is 18.1 Å². The van der Waals surface area contributed by atoms with Gasteiger partial charge in [0.25, 0.3) is 0 Å². The first kappa shape index (κ1) is 14.3. The van der Waals surface area contributed by atoms with Gasteiger partial charge in [0.1, 0.15) is 5.84 Å². The minimum absolute atomic E-state index is 0.0297. The highest BCUT2D eigenvalue weighted by atomic mass is 32.2. The van der Waals surface area contributed by atoms with Gasteiger partial charge >= 0.3 is 0 Å². The normalized spacial score (nSPS) is 11.9. The van der Waals surface area contributed by atoms with Crippen molar-refractivity contribution in [3.05, 3.63) is 0 Å². The first-order valence-electron chi connectivity index (χ1n) is 4.73. The van der Waals surface area contributed by atoms with Crippen molar-refractivity contribution in [2.24, 2.45) is 5.73 Å². The molecule has 0 aliphatic carbocycles. The Morgan fingerprint density at radius 1 is 1.53 bits per heavy atom. The van der Waals surface area contributed by atoms with E-state index in [0.717, 1.165) is 0 Å². The van der Waals surface area contributed by atoms with Crippen molar-refractivity contribution >= 4 is 15.9 Å². The third kappa shape index (κ3) is 5.71. The third-order valence-corrected chi connectivity index (χ3v) is 3.82. The highest BCUT2D eigenvalue weighted by Gasteiger charge is 2.20. The van der Waals surface area contributed by atoms with Gasteiger partial charge in [0.15, 0.2) is 0 Å². The van der Waals surface area contributed by atoms with Crippen molar-refractivity contribution in [3.8, 4) is 0 Å². The van der Waals surface area contributed by atoms with Gasteiger partial charge in [-0.25, -0.2) is 8.42 Å². The quantitative estimate of drug-likeness (QED) is 0.341. The predicted molar refractivity (Wildman–Crippen MR) is 59.4 cm³/mol. The molecule has 15 heavy (non-hydrogen) atoms. The minimum atomic E-state index is -3.31. The minimum Gasteiger partial charge on any atom is -0.387 e. The third-order valence-electron chi connectivity index (χ3n) is 1.84. The van der Waals surface area contributed by atoms with E-state index < -0.39 is 10.0 Å². The standard InChI is InChI=1S/C8H19N3O3S/c1-3-11(7-8(9)10)15(12,13)6-4-5-14-2/h3-7H2,1-2H3,(H3,9,10). The van der Waals surface area contributed by atoms with Crippen LogP contribution in [-0.2, 0) is 14.8 Å². The van der Waals surface area contributed by atoms with E-state index in [1.54, 1.807) is 6.92 Å². The monoisotopic (exact) mass is 237 g/mol. The summed E-state index contributed by atoms with van der Waals surface area (Å²) in [6.45, 7) is 2.42. The molecule has 7 heteroatoms. The van der Waals surface area contributed by atoms with E-state index in [0.29, 0.717) is 19.6 Å². The summed E-state index contributed by atoms with van der Waals surface area (Å²) in [5.74, 6) is -0.116. The maximum Gasteiger partial charge on any atom is 0.214 e. The lowest BCUT2D eigenvalue weighted by molar-refractivity contribution is 0.199. The summed E-state index contributed by atoms with van der Waals surface area (Å²) < 4.78 is 29.4. The number of hydrogen-bond acceptors (Lipinski definition) is 4. The molecule has 0 aromatic heterocycles. The number of methoxy groups -OCH3 is 1. The van der Waals surface area contributed by atoms with Crippen molar-refractivity contribution in [2.75, 3.05) is 32.6 Å². The number of hydrogen-bond donors (Lipinski definition) is 2. The van der Waals surface area contributed by atoms with E-state index in [9.17, 15) is 8.42 Å². The fourth-order valence-corrected chi connectivity index (χ4v) is 2.58. The molecular formula is C8H19N3O3S. The molecule has 0 rings (SSSR count). The summed E-state index contributed by atoms with van der Waals surface area (Å²) in [4.78, 5) is 0. The molecule has 0 atom stereocenters. The second-order valence-corrected chi connectivity index (χ2v) is 5.20. The van der Waals surface area contributed by atoms with E-state index in [4.69, 9.17) is 15.9 Å². The fraction of sp³-hybridized carbons (Fsp3) is 0.875. The Balaban J connectivity index is 4.32. The maximum atomic E-state index is 11.7. The number of nitrogens with one attached hydrogen (secondary N) is 1. The van der Waals surface area contributed by atoms with Gasteiger partial charge in [-0.15, -0.1) is 0 Å². The number of likely N-dealkylation sites (N-methyl/N-ethyl adjacent to an activating group) is 1. The second kappa shape index (κ2) is 6.76. The van der Waals surface area contributed by atoms with Crippen LogP contribution in [0.1, 0.15) is 13.3 Å². The Bertz CT molecular complexity index is 290. The zero-order valence-corrected chi connectivity index (χ0v) is 10.0. The first-order chi connectivity index (χ1) is 6.94. The zero-order chi connectivity index (χ0) is 11.9. The van der Waals surface area contributed by atoms with Gasteiger partial charge in [-0.3, -0.25) is 5.41 Å². The topological polar surface area (TPSA) is 96.5 Å². The van der Waals surface area contributed by atoms with E-state index in [1.807, 2.05) is 0 Å². The Morgan fingerprint density at radius 2 is 2.13 bits per heavy atom. The molecule has 0 bridgehead atoms. The second-order valence-electron chi connectivity index (χ2n) is 3.11. The molecule has 0 aromatic rings. The number of nitrogens with zero attached hydrogens (tertiary/aromatic N) is 1. The number of ether oxygens (including phenoxy) is 1. The van der Waals surface area contributed by atoms with Crippen LogP contribution in [0.25, 0.3) is 0 Å². The van der Waals surface area contributed by atoms with Crippen molar-refractivity contribution in [1.29, 1.82) is 5.41 Å². The molecule has 3 N–H and O–H groups in total. The number of rotatable bonds is 8. The molecule has 90 valence electrons. The lowest BCUT2D eigenvalue weighted by Gasteiger charge is -2.19. The number of amidine groups is 1. The SMILES string of the molecule is CCN(CC(=N)N)S(=O)(=O)CCCOC. The molecule has 0 aliphatic heterocycles. The molecule has 0 aliphatic rings. The zero-order valence-electron chi connectivity index (χ0n) is 9.19. The van der Waals surface area contributed by atoms with Gasteiger partial charge in [-0.05, 0) is 6.42 Å². The van der Waals surface area contributed by atoms with Gasteiger partial charge in [0.2, 0.25) is 10.0 Å². The lowest BCUT2D eigenvalue weighted by atomic mass is 10.5. The summed E-state index contributed by atoms with van der Waals surface area (Å²) in [5.41, 5.74) is 5.17. The summed E-state index contributed by atoms with van der Waals surface area (Å²) >= 11 is 0. The molecule has 0 aromatic carbocycles. The van der Waals surface area contributed by atoms with Crippen LogP contribution >= 0.6 is 0 Å². The summed E-state index contributed by atoms with van der Waals surface area (Å²) in [6.07, 6.45) is 0.452. The van der Waals surface area contributed by atoms with Gasteiger partial charge in [-0.2, -0.15) is 4.31 Å². The van der Waals surface area contributed by atoms with Gasteiger partial charge < -0.3 is 10.5 Å². The molecule has 0 radical (unpaired) electrons. The van der Waals surface area contributed by atoms with Crippen LogP contribution in [0.15, 0.2) is 0 Å². The Hall–Kier alpha value is -0.660. The molecule has 0 spiro atoms. The van der Waals surface area contributed by atoms with Crippen molar-refractivity contribution < 1.29 is 13.2 Å². The van der Waals surface area contributed by atoms with Crippen LogP contribution in [0.4, 0.5) is 0 Å². The highest BCUT2D eigenvalue weighted by molar-refractivity contribution is 7.89. The fourth-order valence-electron chi connectivity index (χ4n) is 1.11. The van der Waals surface area contributed by atoms with Gasteiger partial charge in [0, 0.05) is 20.3 Å². The van der Waals surface area contributed by atoms with Crippen LogP contribution in [0.3, 0.4) is 0 Å². The van der Waals surface area contributed by atoms with E-state index in [2.05, 4.69) is 0 Å². The molecule has 0 fully saturated rings. The average molecular weight is 237 g/mol. The van der Waals surface area contributed by atoms with Crippen LogP contribution in [0.2, 0.25) is 0 Å². The van der Waals surface area contributed by atoms with E-state index >= 15 is 0 Å². The van der Waals surface area contributed by atoms with Crippen molar-refractivity contribution in [1.82, 2.24) is 4.31 Å². The molecule has 0 heterocycles. The summed E-state index contributed by atoms with van der Waals surface area (Å²) in [5, 5.41) is 7.07. The van der Waals surface area contributed by atoms with Crippen molar-refractivity contribution in [3.63, 3.8) is 0 Å². The average Bonchev–Trinajstić information content (AvgIpc) is 2.14. The molecular weight excluding hydrogens is 218 g/mol.